The number of rotatable bonds is 6. The van der Waals surface area contributed by atoms with Crippen molar-refractivity contribution in [2.24, 2.45) is 0 Å². The van der Waals surface area contributed by atoms with E-state index < -0.39 is 11.7 Å². The number of amides is 1. The fourth-order valence-corrected chi connectivity index (χ4v) is 2.73. The Morgan fingerprint density at radius 2 is 1.39 bits per heavy atom. The lowest BCUT2D eigenvalue weighted by Gasteiger charge is -2.19. The molecule has 1 N–H and O–H groups in total. The molecule has 0 spiro atoms. The lowest BCUT2D eigenvalue weighted by Crippen LogP contribution is -2.33. The first kappa shape index (κ1) is 28.3. The van der Waals surface area contributed by atoms with Gasteiger partial charge in [-0.05, 0) is 82.0 Å². The Labute approximate surface area is 189 Å². The Balaban J connectivity index is 0.00000212. The molecule has 0 unspecified atom stereocenters. The second kappa shape index (κ2) is 14.3. The number of carbonyl (C=O) groups is 1. The van der Waals surface area contributed by atoms with E-state index in [2.05, 4.69) is 17.4 Å². The van der Waals surface area contributed by atoms with Gasteiger partial charge in [0.15, 0.2) is 0 Å². The first-order valence-corrected chi connectivity index (χ1v) is 11.1. The predicted molar refractivity (Wildman–Crippen MR) is 130 cm³/mol. The summed E-state index contributed by atoms with van der Waals surface area (Å²) >= 11 is 0. The maximum atomic E-state index is 11.7. The summed E-state index contributed by atoms with van der Waals surface area (Å²) in [5.74, 6) is 2.41. The normalized spacial score (nSPS) is 10.0. The minimum atomic E-state index is -0.488. The molecule has 0 aliphatic heterocycles. The monoisotopic (exact) mass is 431 g/mol. The molecular weight excluding hydrogens is 390 g/mol. The third-order valence-electron chi connectivity index (χ3n) is 3.88. The summed E-state index contributed by atoms with van der Waals surface area (Å²) in [5.41, 5.74) is 2.76. The van der Waals surface area contributed by atoms with Crippen LogP contribution in [0.5, 0.6) is 17.2 Å². The fraction of sp³-hybridized carbons (Fsp3) is 0.500. The minimum absolute atomic E-state index is 0.393. The molecule has 1 amide bonds. The van der Waals surface area contributed by atoms with Gasteiger partial charge in [0.05, 0.1) is 7.11 Å². The Hall–Kier alpha value is -2.69. The largest absolute Gasteiger partial charge is 0.497 e. The molecule has 5 heteroatoms. The Morgan fingerprint density at radius 1 is 0.903 bits per heavy atom. The standard InChI is InChI=1S/C22H29NO4.2C2H6/c1-15-13-17(11-12-23-21(24)27-22(3,4)5)14-16(2)20(15)26-19-9-7-18(25-6)8-10-19;2*1-2/h7-10,13-14H,11-12H2,1-6H3,(H,23,24);2*1-2H3. The van der Waals surface area contributed by atoms with Gasteiger partial charge in [0.1, 0.15) is 22.8 Å². The van der Waals surface area contributed by atoms with Gasteiger partial charge in [0, 0.05) is 6.54 Å². The summed E-state index contributed by atoms with van der Waals surface area (Å²) in [7, 11) is 1.64. The van der Waals surface area contributed by atoms with Crippen molar-refractivity contribution >= 4 is 6.09 Å². The first-order valence-electron chi connectivity index (χ1n) is 11.1. The van der Waals surface area contributed by atoms with Crippen LogP contribution in [0.3, 0.4) is 0 Å². The summed E-state index contributed by atoms with van der Waals surface area (Å²) in [6.07, 6.45) is 0.333. The van der Waals surface area contributed by atoms with Gasteiger partial charge in [-0.2, -0.15) is 0 Å². The molecule has 2 rings (SSSR count). The number of aryl methyl sites for hydroxylation is 2. The van der Waals surface area contributed by atoms with Crippen molar-refractivity contribution in [2.45, 2.75) is 74.3 Å². The van der Waals surface area contributed by atoms with Crippen LogP contribution in [-0.4, -0.2) is 25.3 Å². The van der Waals surface area contributed by atoms with E-state index in [0.29, 0.717) is 6.54 Å². The van der Waals surface area contributed by atoms with E-state index in [1.807, 2.05) is 86.6 Å². The lowest BCUT2D eigenvalue weighted by molar-refractivity contribution is 0.0528. The number of hydrogen-bond donors (Lipinski definition) is 1. The van der Waals surface area contributed by atoms with E-state index in [1.54, 1.807) is 7.11 Å². The summed E-state index contributed by atoms with van der Waals surface area (Å²) in [4.78, 5) is 11.7. The highest BCUT2D eigenvalue weighted by Gasteiger charge is 2.15. The van der Waals surface area contributed by atoms with Gasteiger partial charge in [-0.3, -0.25) is 0 Å². The van der Waals surface area contributed by atoms with Gasteiger partial charge in [-0.25, -0.2) is 4.79 Å². The maximum Gasteiger partial charge on any atom is 0.407 e. The summed E-state index contributed by atoms with van der Waals surface area (Å²) < 4.78 is 16.5. The van der Waals surface area contributed by atoms with Crippen LogP contribution in [-0.2, 0) is 11.2 Å². The van der Waals surface area contributed by atoms with E-state index in [-0.39, 0.29) is 0 Å². The van der Waals surface area contributed by atoms with Crippen LogP contribution in [0.15, 0.2) is 36.4 Å². The van der Waals surface area contributed by atoms with Gasteiger partial charge >= 0.3 is 6.09 Å². The van der Waals surface area contributed by atoms with Gasteiger partial charge < -0.3 is 19.5 Å². The number of ether oxygens (including phenoxy) is 3. The van der Waals surface area contributed by atoms with Crippen molar-refractivity contribution in [3.8, 4) is 17.2 Å². The third-order valence-corrected chi connectivity index (χ3v) is 3.88. The molecule has 2 aromatic carbocycles. The minimum Gasteiger partial charge on any atom is -0.497 e. The van der Waals surface area contributed by atoms with Crippen LogP contribution in [0, 0.1) is 13.8 Å². The fourth-order valence-electron chi connectivity index (χ4n) is 2.73. The summed E-state index contributed by atoms with van der Waals surface area (Å²) in [6, 6.07) is 11.7. The highest BCUT2D eigenvalue weighted by molar-refractivity contribution is 5.67. The summed E-state index contributed by atoms with van der Waals surface area (Å²) in [6.45, 7) is 18.1. The topological polar surface area (TPSA) is 56.8 Å². The molecule has 0 atom stereocenters. The molecule has 0 fully saturated rings. The molecule has 0 aromatic heterocycles. The Morgan fingerprint density at radius 3 is 1.84 bits per heavy atom. The Bertz CT molecular complexity index is 754. The number of nitrogens with one attached hydrogen (secondary N) is 1. The molecule has 2 aromatic rings. The quantitative estimate of drug-likeness (QED) is 0.524. The van der Waals surface area contributed by atoms with Crippen LogP contribution in [0.1, 0.15) is 65.2 Å². The van der Waals surface area contributed by atoms with Crippen LogP contribution in [0.4, 0.5) is 4.79 Å². The molecule has 5 nitrogen and oxygen atoms in total. The van der Waals surface area contributed by atoms with E-state index in [1.165, 1.54) is 0 Å². The van der Waals surface area contributed by atoms with Crippen LogP contribution in [0.25, 0.3) is 0 Å². The number of alkyl carbamates (subject to hydrolysis) is 1. The van der Waals surface area contributed by atoms with Crippen molar-refractivity contribution in [1.29, 1.82) is 0 Å². The van der Waals surface area contributed by atoms with Gasteiger partial charge in [0.2, 0.25) is 0 Å². The van der Waals surface area contributed by atoms with E-state index >= 15 is 0 Å². The van der Waals surface area contributed by atoms with E-state index in [9.17, 15) is 4.79 Å². The van der Waals surface area contributed by atoms with Crippen molar-refractivity contribution in [3.63, 3.8) is 0 Å². The molecule has 0 saturated heterocycles. The highest BCUT2D eigenvalue weighted by Crippen LogP contribution is 2.30. The number of carbonyl (C=O) groups excluding carboxylic acids is 1. The van der Waals surface area contributed by atoms with Crippen LogP contribution < -0.4 is 14.8 Å². The molecule has 174 valence electrons. The lowest BCUT2D eigenvalue weighted by atomic mass is 10.0. The second-order valence-electron chi connectivity index (χ2n) is 7.51. The van der Waals surface area contributed by atoms with Crippen LogP contribution in [0.2, 0.25) is 0 Å². The van der Waals surface area contributed by atoms with Crippen molar-refractivity contribution in [2.75, 3.05) is 13.7 Å². The molecule has 0 heterocycles. The van der Waals surface area contributed by atoms with E-state index in [0.717, 1.165) is 40.4 Å². The van der Waals surface area contributed by atoms with Crippen molar-refractivity contribution < 1.29 is 19.0 Å². The maximum absolute atomic E-state index is 11.7. The first-order chi connectivity index (χ1) is 14.7. The number of hydrogen-bond acceptors (Lipinski definition) is 4. The molecule has 0 radical (unpaired) electrons. The Kier molecular flexibility index (Phi) is 13.1. The SMILES string of the molecule is CC.CC.COc1ccc(Oc2c(C)cc(CCNC(=O)OC(C)(C)C)cc2C)cc1. The zero-order valence-corrected chi connectivity index (χ0v) is 21.0. The molecule has 0 aliphatic rings. The molecule has 0 aliphatic carbocycles. The van der Waals surface area contributed by atoms with E-state index in [4.69, 9.17) is 14.2 Å². The zero-order chi connectivity index (χ0) is 24.0. The second-order valence-corrected chi connectivity index (χ2v) is 7.51. The van der Waals surface area contributed by atoms with Gasteiger partial charge in [0.25, 0.3) is 0 Å². The summed E-state index contributed by atoms with van der Waals surface area (Å²) in [5, 5.41) is 2.79. The average Bonchev–Trinajstić information content (AvgIpc) is 2.73. The van der Waals surface area contributed by atoms with Crippen molar-refractivity contribution in [1.82, 2.24) is 5.32 Å². The molecule has 0 bridgehead atoms. The molecule has 31 heavy (non-hydrogen) atoms. The highest BCUT2D eigenvalue weighted by atomic mass is 16.6. The van der Waals surface area contributed by atoms with Gasteiger partial charge in [-0.15, -0.1) is 0 Å². The third kappa shape index (κ3) is 10.8. The zero-order valence-electron chi connectivity index (χ0n) is 21.0. The number of methoxy groups -OCH3 is 1. The van der Waals surface area contributed by atoms with Crippen molar-refractivity contribution in [3.05, 3.63) is 53.1 Å². The number of benzene rings is 2. The van der Waals surface area contributed by atoms with Crippen LogP contribution >= 0.6 is 0 Å². The smallest absolute Gasteiger partial charge is 0.407 e. The molecular formula is C26H41NO4. The molecule has 0 saturated carbocycles. The van der Waals surface area contributed by atoms with Gasteiger partial charge in [-0.1, -0.05) is 39.8 Å². The average molecular weight is 432 g/mol. The predicted octanol–water partition coefficient (Wildman–Crippen LogP) is 7.22.